The zero-order chi connectivity index (χ0) is 9.46. The smallest absolute Gasteiger partial charge is 0.0808 e. The number of halogens is 5. The fourth-order valence-electron chi connectivity index (χ4n) is 0.605. The summed E-state index contributed by atoms with van der Waals surface area (Å²) in [5.41, 5.74) is 0. The summed E-state index contributed by atoms with van der Waals surface area (Å²) < 4.78 is 0. The highest BCUT2D eigenvalue weighted by Crippen LogP contribution is 2.38. The highest BCUT2D eigenvalue weighted by molar-refractivity contribution is 6.61. The molecule has 6 heteroatoms. The van der Waals surface area contributed by atoms with Crippen molar-refractivity contribution in [1.29, 1.82) is 0 Å². The third-order valence-electron chi connectivity index (χ3n) is 1.21. The van der Waals surface area contributed by atoms with Gasteiger partial charge in [0.2, 0.25) is 0 Å². The van der Waals surface area contributed by atoms with Gasteiger partial charge in [0.25, 0.3) is 0 Å². The first-order valence-electron chi connectivity index (χ1n) is 2.69. The van der Waals surface area contributed by atoms with Gasteiger partial charge in [-0.3, -0.25) is 0 Å². The van der Waals surface area contributed by atoms with Crippen molar-refractivity contribution in [3.8, 4) is 0 Å². The second kappa shape index (κ2) is 3.95. The van der Waals surface area contributed by atoms with Crippen molar-refractivity contribution in [3.63, 3.8) is 0 Å². The highest BCUT2D eigenvalue weighted by Gasteiger charge is 2.15. The van der Waals surface area contributed by atoms with Crippen LogP contribution in [0.15, 0.2) is 0 Å². The average Bonchev–Trinajstić information content (AvgIpc) is 2.08. The number of benzene rings is 1. The van der Waals surface area contributed by atoms with Crippen LogP contribution in [0.25, 0.3) is 0 Å². The standard InChI is InChI=1S/C6Cl5Si/c7-1-2(8)4(10)6(12)5(11)3(1)9. The van der Waals surface area contributed by atoms with E-state index in [1.807, 2.05) is 0 Å². The topological polar surface area (TPSA) is 0 Å². The number of hydrogen-bond acceptors (Lipinski definition) is 0. The Labute approximate surface area is 98.1 Å². The van der Waals surface area contributed by atoms with Gasteiger partial charge in [0.1, 0.15) is 0 Å². The fourth-order valence-corrected chi connectivity index (χ4v) is 2.15. The normalized spacial score (nSPS) is 10.5. The molecule has 0 N–H and O–H groups in total. The third kappa shape index (κ3) is 1.72. The van der Waals surface area contributed by atoms with Gasteiger partial charge >= 0.3 is 0 Å². The summed E-state index contributed by atoms with van der Waals surface area (Å²) in [6, 6.07) is 0. The molecule has 3 radical (unpaired) electrons. The molecule has 0 aliphatic carbocycles. The maximum absolute atomic E-state index is 5.75. The Kier molecular flexibility index (Phi) is 3.61. The minimum absolute atomic E-state index is 0.162. The number of rotatable bonds is 0. The molecule has 0 aliphatic heterocycles. The third-order valence-corrected chi connectivity index (χ3v) is 4.30. The first kappa shape index (κ1) is 11.0. The second-order valence-corrected chi connectivity index (χ2v) is 4.33. The van der Waals surface area contributed by atoms with E-state index < -0.39 is 0 Å². The van der Waals surface area contributed by atoms with Gasteiger partial charge in [0, 0.05) is 0 Å². The first-order chi connectivity index (χ1) is 5.46. The van der Waals surface area contributed by atoms with Crippen molar-refractivity contribution >= 4 is 73.4 Å². The molecule has 0 amide bonds. The van der Waals surface area contributed by atoms with Crippen LogP contribution < -0.4 is 5.19 Å². The van der Waals surface area contributed by atoms with E-state index in [0.717, 1.165) is 0 Å². The van der Waals surface area contributed by atoms with Crippen molar-refractivity contribution < 1.29 is 0 Å². The second-order valence-electron chi connectivity index (χ2n) is 1.94. The van der Waals surface area contributed by atoms with Crippen LogP contribution in [0.3, 0.4) is 0 Å². The molecule has 0 spiro atoms. The molecule has 0 aliphatic rings. The van der Waals surface area contributed by atoms with E-state index in [0.29, 0.717) is 5.19 Å². The summed E-state index contributed by atoms with van der Waals surface area (Å²) in [5, 5.41) is 1.50. The molecule has 0 bridgehead atoms. The maximum atomic E-state index is 5.75. The van der Waals surface area contributed by atoms with Crippen molar-refractivity contribution in [2.24, 2.45) is 0 Å². The molecule has 0 aromatic heterocycles. The van der Waals surface area contributed by atoms with Gasteiger partial charge in [0.05, 0.1) is 35.4 Å². The maximum Gasteiger partial charge on any atom is 0.0808 e. The predicted molar refractivity (Wildman–Crippen MR) is 56.9 cm³/mol. The highest BCUT2D eigenvalue weighted by atomic mass is 35.5. The Bertz CT molecular complexity index is 230. The molecule has 0 atom stereocenters. The average molecular weight is 277 g/mol. The first-order valence-corrected chi connectivity index (χ1v) is 5.08. The van der Waals surface area contributed by atoms with E-state index in [9.17, 15) is 0 Å². The van der Waals surface area contributed by atoms with Crippen LogP contribution in [0.5, 0.6) is 0 Å². The van der Waals surface area contributed by atoms with E-state index in [1.54, 1.807) is 0 Å². The molecule has 12 heavy (non-hydrogen) atoms. The lowest BCUT2D eigenvalue weighted by molar-refractivity contribution is 1.75. The van der Waals surface area contributed by atoms with E-state index in [2.05, 4.69) is 10.2 Å². The molecule has 0 saturated heterocycles. The Morgan fingerprint density at radius 3 is 1.17 bits per heavy atom. The largest absolute Gasteiger partial charge is 0.0828 e. The van der Waals surface area contributed by atoms with Crippen LogP contribution in [0.4, 0.5) is 0 Å². The van der Waals surface area contributed by atoms with Crippen molar-refractivity contribution in [3.05, 3.63) is 25.1 Å². The summed E-state index contributed by atoms with van der Waals surface area (Å²) in [6.07, 6.45) is 0. The lowest BCUT2D eigenvalue weighted by Gasteiger charge is -2.07. The van der Waals surface area contributed by atoms with Crippen molar-refractivity contribution in [2.45, 2.75) is 0 Å². The van der Waals surface area contributed by atoms with Gasteiger partial charge in [0.15, 0.2) is 0 Å². The molecule has 0 saturated carbocycles. The molecular formula is C6Cl5Si. The Morgan fingerprint density at radius 1 is 0.583 bits per heavy atom. The van der Waals surface area contributed by atoms with Crippen LogP contribution in [0.2, 0.25) is 25.1 Å². The molecule has 0 nitrogen and oxygen atoms in total. The van der Waals surface area contributed by atoms with Gasteiger partial charge in [-0.25, -0.2) is 0 Å². The summed E-state index contributed by atoms with van der Waals surface area (Å²) in [4.78, 5) is 0. The minimum atomic E-state index is 0.162. The monoisotopic (exact) mass is 275 g/mol. The van der Waals surface area contributed by atoms with Crippen LogP contribution in [-0.2, 0) is 0 Å². The molecule has 63 valence electrons. The summed E-state index contributed by atoms with van der Waals surface area (Å²) in [6.45, 7) is 0. The minimum Gasteiger partial charge on any atom is -0.0828 e. The van der Waals surface area contributed by atoms with Crippen LogP contribution >= 0.6 is 58.0 Å². The molecule has 1 rings (SSSR count). The van der Waals surface area contributed by atoms with E-state index in [4.69, 9.17) is 58.0 Å². The molecule has 0 heterocycles. The fraction of sp³-hybridized carbons (Fsp3) is 0. The summed E-state index contributed by atoms with van der Waals surface area (Å²) in [5.74, 6) is 0. The van der Waals surface area contributed by atoms with E-state index in [1.165, 1.54) is 0 Å². The summed E-state index contributed by atoms with van der Waals surface area (Å²) in [7, 11) is 3.18. The Morgan fingerprint density at radius 2 is 0.833 bits per heavy atom. The molecule has 1 aromatic carbocycles. The molecular weight excluding hydrogens is 277 g/mol. The van der Waals surface area contributed by atoms with Crippen LogP contribution in [0.1, 0.15) is 0 Å². The Hall–Kier alpha value is 0.887. The summed E-state index contributed by atoms with van der Waals surface area (Å²) >= 11 is 28.7. The van der Waals surface area contributed by atoms with Crippen LogP contribution in [-0.4, -0.2) is 10.2 Å². The van der Waals surface area contributed by atoms with Crippen LogP contribution in [0, 0.1) is 0 Å². The predicted octanol–water partition coefficient (Wildman–Crippen LogP) is 3.75. The molecule has 0 unspecified atom stereocenters. The zero-order valence-electron chi connectivity index (χ0n) is 5.39. The van der Waals surface area contributed by atoms with E-state index in [-0.39, 0.29) is 25.1 Å². The molecule has 1 aromatic rings. The SMILES string of the molecule is [Si]c1c(Cl)c(Cl)c(Cl)c(Cl)c1Cl. The van der Waals surface area contributed by atoms with Gasteiger partial charge in [-0.15, -0.1) is 0 Å². The van der Waals surface area contributed by atoms with Gasteiger partial charge in [-0.2, -0.15) is 0 Å². The van der Waals surface area contributed by atoms with E-state index >= 15 is 0 Å². The van der Waals surface area contributed by atoms with Gasteiger partial charge in [-0.1, -0.05) is 58.0 Å². The Balaban J connectivity index is 3.60. The zero-order valence-corrected chi connectivity index (χ0v) is 10.2. The number of hydrogen-bond donors (Lipinski definition) is 0. The lowest BCUT2D eigenvalue weighted by atomic mass is 10.3. The van der Waals surface area contributed by atoms with Crippen molar-refractivity contribution in [1.82, 2.24) is 0 Å². The van der Waals surface area contributed by atoms with Gasteiger partial charge < -0.3 is 0 Å². The quantitative estimate of drug-likeness (QED) is 0.385. The van der Waals surface area contributed by atoms with Gasteiger partial charge in [-0.05, 0) is 5.19 Å². The lowest BCUT2D eigenvalue weighted by Crippen LogP contribution is -2.07. The van der Waals surface area contributed by atoms with Crippen molar-refractivity contribution in [2.75, 3.05) is 0 Å². The molecule has 0 fully saturated rings.